The van der Waals surface area contributed by atoms with Crippen molar-refractivity contribution in [1.82, 2.24) is 4.98 Å². The van der Waals surface area contributed by atoms with Crippen molar-refractivity contribution in [2.75, 3.05) is 4.72 Å². The van der Waals surface area contributed by atoms with Crippen LogP contribution in [0, 0.1) is 0 Å². The fourth-order valence-electron chi connectivity index (χ4n) is 1.61. The van der Waals surface area contributed by atoms with Crippen molar-refractivity contribution in [1.29, 1.82) is 0 Å². The Kier molecular flexibility index (Phi) is 4.95. The van der Waals surface area contributed by atoms with Gasteiger partial charge in [0, 0.05) is 23.3 Å². The van der Waals surface area contributed by atoms with Crippen molar-refractivity contribution in [2.24, 2.45) is 5.73 Å². The van der Waals surface area contributed by atoms with Gasteiger partial charge in [-0.2, -0.15) is 0 Å². The molecule has 0 aliphatic carbocycles. The number of sulfonamides is 1. The number of nitrogens with zero attached hydrogens (tertiary/aromatic N) is 1. The second kappa shape index (κ2) is 6.37. The minimum absolute atomic E-state index is 0.0134. The van der Waals surface area contributed by atoms with Gasteiger partial charge < -0.3 is 5.73 Å². The van der Waals surface area contributed by atoms with Gasteiger partial charge in [0.05, 0.1) is 10.0 Å². The van der Waals surface area contributed by atoms with E-state index in [1.165, 1.54) is 24.4 Å². The molecule has 0 unspecified atom stereocenters. The van der Waals surface area contributed by atoms with E-state index in [4.69, 9.17) is 40.5 Å². The maximum atomic E-state index is 12.4. The Labute approximate surface area is 137 Å². The molecule has 0 bridgehead atoms. The molecule has 0 saturated carbocycles. The zero-order valence-corrected chi connectivity index (χ0v) is 13.6. The SMILES string of the molecule is NCc1c(Cl)ccc(S(=O)(=O)Nc2ncccc2Cl)c1Cl. The van der Waals surface area contributed by atoms with Gasteiger partial charge in [-0.25, -0.2) is 13.4 Å². The smallest absolute Gasteiger partial charge is 0.264 e. The lowest BCUT2D eigenvalue weighted by molar-refractivity contribution is 0.601. The fraction of sp³-hybridized carbons (Fsp3) is 0.0833. The van der Waals surface area contributed by atoms with E-state index in [1.807, 2.05) is 0 Å². The molecule has 0 radical (unpaired) electrons. The van der Waals surface area contributed by atoms with Gasteiger partial charge in [-0.3, -0.25) is 4.72 Å². The summed E-state index contributed by atoms with van der Waals surface area (Å²) in [5.74, 6) is 0.0134. The minimum Gasteiger partial charge on any atom is -0.326 e. The highest BCUT2D eigenvalue weighted by atomic mass is 35.5. The lowest BCUT2D eigenvalue weighted by Crippen LogP contribution is -2.15. The van der Waals surface area contributed by atoms with Crippen molar-refractivity contribution in [3.05, 3.63) is 51.1 Å². The van der Waals surface area contributed by atoms with Crippen molar-refractivity contribution in [3.63, 3.8) is 0 Å². The van der Waals surface area contributed by atoms with Crippen LogP contribution in [0.15, 0.2) is 35.4 Å². The largest absolute Gasteiger partial charge is 0.326 e. The lowest BCUT2D eigenvalue weighted by Gasteiger charge is -2.12. The fourth-order valence-corrected chi connectivity index (χ4v) is 3.80. The van der Waals surface area contributed by atoms with E-state index >= 15 is 0 Å². The van der Waals surface area contributed by atoms with Gasteiger partial charge in [0.2, 0.25) is 0 Å². The van der Waals surface area contributed by atoms with E-state index in [0.29, 0.717) is 10.6 Å². The van der Waals surface area contributed by atoms with Crippen molar-refractivity contribution < 1.29 is 8.42 Å². The third-order valence-electron chi connectivity index (χ3n) is 2.63. The lowest BCUT2D eigenvalue weighted by atomic mass is 10.2. The zero-order valence-electron chi connectivity index (χ0n) is 10.5. The van der Waals surface area contributed by atoms with Gasteiger partial charge in [-0.1, -0.05) is 34.8 Å². The van der Waals surface area contributed by atoms with Crippen LogP contribution in [-0.4, -0.2) is 13.4 Å². The predicted octanol–water partition coefficient (Wildman–Crippen LogP) is 3.30. The number of nitrogens with two attached hydrogens (primary N) is 1. The molecule has 0 saturated heterocycles. The number of pyridine rings is 1. The van der Waals surface area contributed by atoms with Crippen LogP contribution in [0.1, 0.15) is 5.56 Å². The average molecular weight is 367 g/mol. The molecule has 0 aliphatic rings. The van der Waals surface area contributed by atoms with Crippen LogP contribution < -0.4 is 10.5 Å². The average Bonchev–Trinajstić information content (AvgIpc) is 2.41. The highest BCUT2D eigenvalue weighted by Gasteiger charge is 2.22. The van der Waals surface area contributed by atoms with Crippen molar-refractivity contribution in [3.8, 4) is 0 Å². The highest BCUT2D eigenvalue weighted by Crippen LogP contribution is 2.32. The molecule has 1 aromatic carbocycles. The molecule has 9 heteroatoms. The highest BCUT2D eigenvalue weighted by molar-refractivity contribution is 7.92. The number of aromatic nitrogens is 1. The maximum Gasteiger partial charge on any atom is 0.264 e. The molecule has 2 aromatic rings. The van der Waals surface area contributed by atoms with Crippen LogP contribution in [-0.2, 0) is 16.6 Å². The monoisotopic (exact) mass is 365 g/mol. The van der Waals surface area contributed by atoms with Crippen LogP contribution >= 0.6 is 34.8 Å². The zero-order chi connectivity index (χ0) is 15.6. The quantitative estimate of drug-likeness (QED) is 0.869. The van der Waals surface area contributed by atoms with Crippen LogP contribution in [0.5, 0.6) is 0 Å². The van der Waals surface area contributed by atoms with Crippen molar-refractivity contribution in [2.45, 2.75) is 11.4 Å². The minimum atomic E-state index is -3.96. The van der Waals surface area contributed by atoms with E-state index in [9.17, 15) is 8.42 Å². The molecule has 3 N–H and O–H groups in total. The first-order valence-corrected chi connectivity index (χ1v) is 8.29. The topological polar surface area (TPSA) is 85.1 Å². The third kappa shape index (κ3) is 3.41. The predicted molar refractivity (Wildman–Crippen MR) is 84.4 cm³/mol. The number of hydrogen-bond acceptors (Lipinski definition) is 4. The first-order valence-electron chi connectivity index (χ1n) is 5.67. The molecule has 0 fully saturated rings. The van der Waals surface area contributed by atoms with E-state index in [0.717, 1.165) is 0 Å². The normalized spacial score (nSPS) is 11.4. The summed E-state index contributed by atoms with van der Waals surface area (Å²) in [5, 5.41) is 0.451. The summed E-state index contributed by atoms with van der Waals surface area (Å²) in [6, 6.07) is 5.82. The van der Waals surface area contributed by atoms with Crippen molar-refractivity contribution >= 4 is 50.6 Å². The molecule has 21 heavy (non-hydrogen) atoms. The molecule has 0 atom stereocenters. The van der Waals surface area contributed by atoms with E-state index in [-0.39, 0.29) is 27.3 Å². The first-order chi connectivity index (χ1) is 9.86. The summed E-state index contributed by atoms with van der Waals surface area (Å²) in [7, 11) is -3.96. The number of anilines is 1. The Hall–Kier alpha value is -1.05. The molecule has 0 spiro atoms. The van der Waals surface area contributed by atoms with Gasteiger partial charge in [0.15, 0.2) is 5.82 Å². The van der Waals surface area contributed by atoms with Crippen LogP contribution in [0.4, 0.5) is 5.82 Å². The summed E-state index contributed by atoms with van der Waals surface area (Å²) < 4.78 is 27.0. The second-order valence-electron chi connectivity index (χ2n) is 3.98. The van der Waals surface area contributed by atoms with E-state index < -0.39 is 10.0 Å². The Morgan fingerprint density at radius 3 is 2.48 bits per heavy atom. The number of rotatable bonds is 4. The summed E-state index contributed by atoms with van der Waals surface area (Å²) in [5.41, 5.74) is 5.88. The molecular weight excluding hydrogens is 357 g/mol. The second-order valence-corrected chi connectivity index (χ2v) is 6.82. The third-order valence-corrected chi connectivity index (χ3v) is 5.22. The Balaban J connectivity index is 2.48. The van der Waals surface area contributed by atoms with Gasteiger partial charge in [-0.05, 0) is 24.3 Å². The molecule has 0 aliphatic heterocycles. The summed E-state index contributed by atoms with van der Waals surface area (Å²) in [4.78, 5) is 3.72. The molecule has 5 nitrogen and oxygen atoms in total. The Morgan fingerprint density at radius 2 is 1.86 bits per heavy atom. The van der Waals surface area contributed by atoms with Gasteiger partial charge in [-0.15, -0.1) is 0 Å². The van der Waals surface area contributed by atoms with Gasteiger partial charge in [0.25, 0.3) is 10.0 Å². The van der Waals surface area contributed by atoms with Crippen LogP contribution in [0.3, 0.4) is 0 Å². The number of halogens is 3. The van der Waals surface area contributed by atoms with Crippen LogP contribution in [0.25, 0.3) is 0 Å². The molecule has 2 rings (SSSR count). The maximum absolute atomic E-state index is 12.4. The molecule has 112 valence electrons. The van der Waals surface area contributed by atoms with Gasteiger partial charge in [0.1, 0.15) is 4.90 Å². The Morgan fingerprint density at radius 1 is 1.14 bits per heavy atom. The molecule has 1 aromatic heterocycles. The first kappa shape index (κ1) is 16.3. The number of nitrogens with one attached hydrogen (secondary N) is 1. The summed E-state index contributed by atoms with van der Waals surface area (Å²) in [6.45, 7) is 0.0192. The summed E-state index contributed by atoms with van der Waals surface area (Å²) in [6.07, 6.45) is 1.42. The molecule has 0 amide bonds. The standard InChI is InChI=1S/C12H10Cl3N3O2S/c13-8-3-4-10(11(15)7(8)6-16)21(19,20)18-12-9(14)2-1-5-17-12/h1-5H,6,16H2,(H,17,18). The van der Waals surface area contributed by atoms with Gasteiger partial charge >= 0.3 is 0 Å². The Bertz CT molecular complexity index is 781. The number of hydrogen-bond donors (Lipinski definition) is 2. The molecular formula is C12H10Cl3N3O2S. The number of benzene rings is 1. The molecule has 1 heterocycles. The van der Waals surface area contributed by atoms with Crippen LogP contribution in [0.2, 0.25) is 15.1 Å². The summed E-state index contributed by atoms with van der Waals surface area (Å²) >= 11 is 17.9. The van der Waals surface area contributed by atoms with E-state index in [2.05, 4.69) is 9.71 Å². The van der Waals surface area contributed by atoms with E-state index in [1.54, 1.807) is 6.07 Å².